The topological polar surface area (TPSA) is 121 Å². The van der Waals surface area contributed by atoms with Gasteiger partial charge in [0, 0.05) is 62.4 Å². The predicted octanol–water partition coefficient (Wildman–Crippen LogP) is 4.17. The standard InChI is InChI=1S/C31H32N8O3/c1-38-18-23(17-34-38)19-5-7-20(8-6-19)29-27-25(37-39(29)2)12-10-22-16-33-31(36-28(22)27)35-24-11-9-21(15-26(24)42-4)30(40)32-13-14-41-3/h5-9,11,15-18H,10,12-14H2,1-4H3,(H,32,40)(H,33,35,36). The van der Waals surface area contributed by atoms with Crippen LogP contribution in [0, 0.1) is 0 Å². The summed E-state index contributed by atoms with van der Waals surface area (Å²) in [6.07, 6.45) is 7.38. The first-order valence-corrected chi connectivity index (χ1v) is 13.7. The maximum Gasteiger partial charge on any atom is 0.251 e. The van der Waals surface area contributed by atoms with Crippen molar-refractivity contribution in [2.24, 2.45) is 14.1 Å². The number of benzene rings is 2. The van der Waals surface area contributed by atoms with E-state index in [-0.39, 0.29) is 5.91 Å². The number of carbonyl (C=O) groups excluding carboxylic acids is 1. The molecule has 11 nitrogen and oxygen atoms in total. The number of rotatable bonds is 9. The quantitative estimate of drug-likeness (QED) is 0.256. The number of nitrogens with zero attached hydrogens (tertiary/aromatic N) is 6. The van der Waals surface area contributed by atoms with Crippen molar-refractivity contribution in [3.63, 3.8) is 0 Å². The van der Waals surface area contributed by atoms with Crippen molar-refractivity contribution in [2.75, 3.05) is 32.7 Å². The zero-order valence-corrected chi connectivity index (χ0v) is 24.0. The van der Waals surface area contributed by atoms with Crippen molar-refractivity contribution in [1.82, 2.24) is 34.8 Å². The van der Waals surface area contributed by atoms with E-state index in [1.54, 1.807) is 37.1 Å². The van der Waals surface area contributed by atoms with E-state index in [1.165, 1.54) is 0 Å². The van der Waals surface area contributed by atoms with Crippen molar-refractivity contribution in [2.45, 2.75) is 12.8 Å². The van der Waals surface area contributed by atoms with Crippen LogP contribution in [-0.2, 0) is 31.7 Å². The second kappa shape index (κ2) is 11.5. The monoisotopic (exact) mass is 564 g/mol. The zero-order valence-electron chi connectivity index (χ0n) is 24.0. The summed E-state index contributed by atoms with van der Waals surface area (Å²) in [5.74, 6) is 0.734. The summed E-state index contributed by atoms with van der Waals surface area (Å²) in [7, 11) is 7.04. The van der Waals surface area contributed by atoms with Crippen LogP contribution in [0.15, 0.2) is 61.1 Å². The minimum atomic E-state index is -0.202. The third-order valence-corrected chi connectivity index (χ3v) is 7.35. The van der Waals surface area contributed by atoms with E-state index >= 15 is 0 Å². The van der Waals surface area contributed by atoms with E-state index in [1.807, 2.05) is 37.4 Å². The van der Waals surface area contributed by atoms with Gasteiger partial charge in [0.15, 0.2) is 0 Å². The lowest BCUT2D eigenvalue weighted by Crippen LogP contribution is -2.26. The van der Waals surface area contributed by atoms with Crippen molar-refractivity contribution >= 4 is 17.5 Å². The predicted molar refractivity (Wildman–Crippen MR) is 160 cm³/mol. The smallest absolute Gasteiger partial charge is 0.251 e. The van der Waals surface area contributed by atoms with Gasteiger partial charge in [-0.1, -0.05) is 24.3 Å². The molecule has 0 bridgehead atoms. The molecule has 1 amide bonds. The molecule has 0 unspecified atom stereocenters. The molecule has 0 saturated carbocycles. The van der Waals surface area contributed by atoms with Crippen LogP contribution in [0.1, 0.15) is 21.6 Å². The highest BCUT2D eigenvalue weighted by atomic mass is 16.5. The number of nitrogens with one attached hydrogen (secondary N) is 2. The fraction of sp³-hybridized carbons (Fsp3) is 0.258. The van der Waals surface area contributed by atoms with Gasteiger partial charge in [-0.05, 0) is 42.2 Å². The lowest BCUT2D eigenvalue weighted by molar-refractivity contribution is 0.0937. The summed E-state index contributed by atoms with van der Waals surface area (Å²) in [5, 5.41) is 15.3. The summed E-state index contributed by atoms with van der Waals surface area (Å²) in [4.78, 5) is 22.1. The van der Waals surface area contributed by atoms with E-state index in [0.29, 0.717) is 36.1 Å². The lowest BCUT2D eigenvalue weighted by Gasteiger charge is -2.18. The molecule has 0 atom stereocenters. The average Bonchev–Trinajstić information content (AvgIpc) is 3.60. The van der Waals surface area contributed by atoms with E-state index in [2.05, 4.69) is 45.0 Å². The number of hydrogen-bond acceptors (Lipinski definition) is 8. The fourth-order valence-corrected chi connectivity index (χ4v) is 5.27. The first-order chi connectivity index (χ1) is 20.4. The Morgan fingerprint density at radius 2 is 1.81 bits per heavy atom. The van der Waals surface area contributed by atoms with Gasteiger partial charge in [-0.15, -0.1) is 0 Å². The third-order valence-electron chi connectivity index (χ3n) is 7.35. The van der Waals surface area contributed by atoms with Gasteiger partial charge in [0.2, 0.25) is 5.95 Å². The van der Waals surface area contributed by atoms with E-state index in [9.17, 15) is 4.79 Å². The average molecular weight is 565 g/mol. The Balaban J connectivity index is 1.31. The van der Waals surface area contributed by atoms with Crippen molar-refractivity contribution < 1.29 is 14.3 Å². The largest absolute Gasteiger partial charge is 0.495 e. The van der Waals surface area contributed by atoms with Gasteiger partial charge < -0.3 is 20.1 Å². The number of carbonyl (C=O) groups is 1. The number of amides is 1. The van der Waals surface area contributed by atoms with Gasteiger partial charge in [0.1, 0.15) is 5.75 Å². The molecule has 214 valence electrons. The minimum Gasteiger partial charge on any atom is -0.495 e. The summed E-state index contributed by atoms with van der Waals surface area (Å²) >= 11 is 0. The number of fused-ring (bicyclic) bond motifs is 3. The molecular formula is C31H32N8O3. The number of aromatic nitrogens is 6. The Morgan fingerprint density at radius 1 is 1.00 bits per heavy atom. The molecule has 0 aliphatic heterocycles. The molecule has 0 saturated heterocycles. The molecule has 11 heteroatoms. The van der Waals surface area contributed by atoms with Crippen LogP contribution in [0.4, 0.5) is 11.6 Å². The molecule has 2 N–H and O–H groups in total. The summed E-state index contributed by atoms with van der Waals surface area (Å²) in [6.45, 7) is 0.864. The normalized spacial score (nSPS) is 12.0. The first-order valence-electron chi connectivity index (χ1n) is 13.7. The molecule has 0 spiro atoms. The highest BCUT2D eigenvalue weighted by molar-refractivity contribution is 5.95. The maximum absolute atomic E-state index is 12.5. The second-order valence-electron chi connectivity index (χ2n) is 10.1. The number of aryl methyl sites for hydroxylation is 4. The molecule has 1 aliphatic carbocycles. The van der Waals surface area contributed by atoms with E-state index < -0.39 is 0 Å². The first kappa shape index (κ1) is 27.2. The molecule has 42 heavy (non-hydrogen) atoms. The van der Waals surface area contributed by atoms with Gasteiger partial charge in [-0.25, -0.2) is 9.97 Å². The Kier molecular flexibility index (Phi) is 7.41. The van der Waals surface area contributed by atoms with Gasteiger partial charge in [0.25, 0.3) is 5.91 Å². The molecule has 6 rings (SSSR count). The van der Waals surface area contributed by atoms with Crippen LogP contribution < -0.4 is 15.4 Å². The number of methoxy groups -OCH3 is 2. The van der Waals surface area contributed by atoms with Gasteiger partial charge in [-0.3, -0.25) is 14.2 Å². The van der Waals surface area contributed by atoms with E-state index in [0.717, 1.165) is 57.7 Å². The second-order valence-corrected chi connectivity index (χ2v) is 10.1. The SMILES string of the molecule is COCCNC(=O)c1ccc(Nc2ncc3c(n2)-c2c(nn(C)c2-c2ccc(-c4cnn(C)c4)cc2)CC3)c(OC)c1. The summed E-state index contributed by atoms with van der Waals surface area (Å²) < 4.78 is 14.3. The summed E-state index contributed by atoms with van der Waals surface area (Å²) in [5.41, 5.74) is 9.35. The number of ether oxygens (including phenoxy) is 2. The van der Waals surface area contributed by atoms with Crippen molar-refractivity contribution in [3.05, 3.63) is 77.9 Å². The molecular weight excluding hydrogens is 532 g/mol. The van der Waals surface area contributed by atoms with Gasteiger partial charge in [0.05, 0.1) is 42.7 Å². The lowest BCUT2D eigenvalue weighted by atomic mass is 9.91. The molecule has 0 fully saturated rings. The van der Waals surface area contributed by atoms with Gasteiger partial charge >= 0.3 is 0 Å². The molecule has 3 heterocycles. The number of anilines is 2. The highest BCUT2D eigenvalue weighted by Gasteiger charge is 2.27. The van der Waals surface area contributed by atoms with Crippen molar-refractivity contribution in [3.8, 4) is 39.4 Å². The fourth-order valence-electron chi connectivity index (χ4n) is 5.27. The third kappa shape index (κ3) is 5.21. The van der Waals surface area contributed by atoms with Crippen LogP contribution in [0.2, 0.25) is 0 Å². The highest BCUT2D eigenvalue weighted by Crippen LogP contribution is 2.40. The zero-order chi connectivity index (χ0) is 29.2. The molecule has 1 aliphatic rings. The Bertz CT molecular complexity index is 1760. The van der Waals surface area contributed by atoms with Crippen LogP contribution in [0.3, 0.4) is 0 Å². The Labute approximate surface area is 243 Å². The van der Waals surface area contributed by atoms with Crippen LogP contribution in [-0.4, -0.2) is 62.8 Å². The molecule has 5 aromatic rings. The molecule has 3 aromatic heterocycles. The minimum absolute atomic E-state index is 0.202. The van der Waals surface area contributed by atoms with E-state index in [4.69, 9.17) is 19.6 Å². The Hall–Kier alpha value is -5.03. The summed E-state index contributed by atoms with van der Waals surface area (Å²) in [6, 6.07) is 13.7. The molecule has 0 radical (unpaired) electrons. The maximum atomic E-state index is 12.5. The van der Waals surface area contributed by atoms with Crippen LogP contribution in [0.5, 0.6) is 5.75 Å². The van der Waals surface area contributed by atoms with Crippen molar-refractivity contribution in [1.29, 1.82) is 0 Å². The van der Waals surface area contributed by atoms with Gasteiger partial charge in [-0.2, -0.15) is 10.2 Å². The number of hydrogen-bond donors (Lipinski definition) is 2. The van der Waals surface area contributed by atoms with Crippen LogP contribution in [0.25, 0.3) is 33.6 Å². The Morgan fingerprint density at radius 3 is 2.55 bits per heavy atom. The van der Waals surface area contributed by atoms with Crippen LogP contribution >= 0.6 is 0 Å². The molecule has 2 aromatic carbocycles.